The van der Waals surface area contributed by atoms with Gasteiger partial charge in [0.05, 0.1) is 30.5 Å². The van der Waals surface area contributed by atoms with Crippen LogP contribution in [0.15, 0.2) is 36.7 Å². The molecule has 1 aromatic heterocycles. The van der Waals surface area contributed by atoms with Crippen LogP contribution in [-0.2, 0) is 12.7 Å². The molecule has 0 saturated heterocycles. The van der Waals surface area contributed by atoms with Crippen LogP contribution < -0.4 is 5.32 Å². The number of rotatable bonds is 4. The van der Waals surface area contributed by atoms with Crippen molar-refractivity contribution in [2.45, 2.75) is 18.8 Å². The molecule has 0 saturated carbocycles. The fraction of sp³-hybridized carbons (Fsp3) is 0.250. The number of hydrogen-bond acceptors (Lipinski definition) is 3. The number of nitrogens with zero attached hydrogens (tertiary/aromatic N) is 3. The Kier molecular flexibility index (Phi) is 4.10. The molecule has 2 N–H and O–H groups in total. The third-order valence-electron chi connectivity index (χ3n) is 2.75. The Bertz CT molecular complexity index is 613. The Morgan fingerprint density at radius 2 is 1.90 bits per heavy atom. The molecule has 0 spiro atoms. The van der Waals surface area contributed by atoms with Crippen LogP contribution in [0, 0.1) is 0 Å². The van der Waals surface area contributed by atoms with Gasteiger partial charge in [-0.2, -0.15) is 28.2 Å². The largest absolute Gasteiger partial charge is 0.465 e. The first-order valence-corrected chi connectivity index (χ1v) is 5.87. The minimum absolute atomic E-state index is 0.146. The first-order chi connectivity index (χ1) is 9.88. The summed E-state index contributed by atoms with van der Waals surface area (Å²) in [5.41, 5.74) is -1.07. The number of nitrogens with one attached hydrogen (secondary N) is 1. The zero-order valence-electron chi connectivity index (χ0n) is 10.6. The maximum atomic E-state index is 13.0. The van der Waals surface area contributed by atoms with Gasteiger partial charge in [0.25, 0.3) is 0 Å². The van der Waals surface area contributed by atoms with E-state index in [2.05, 4.69) is 15.5 Å². The van der Waals surface area contributed by atoms with Gasteiger partial charge in [-0.25, -0.2) is 4.79 Å². The second kappa shape index (κ2) is 5.81. The summed E-state index contributed by atoms with van der Waals surface area (Å²) in [6.07, 6.45) is -3.29. The quantitative estimate of drug-likeness (QED) is 0.908. The van der Waals surface area contributed by atoms with Gasteiger partial charge in [-0.3, -0.25) is 0 Å². The summed E-state index contributed by atoms with van der Waals surface area (Å²) in [7, 11) is 0. The molecular formula is C12H11F3N4O2. The average molecular weight is 300 g/mol. The molecule has 0 radical (unpaired) electrons. The second-order valence-corrected chi connectivity index (χ2v) is 4.17. The van der Waals surface area contributed by atoms with Gasteiger partial charge in [0.1, 0.15) is 0 Å². The minimum atomic E-state index is -4.58. The molecule has 1 heterocycles. The van der Waals surface area contributed by atoms with Crippen molar-refractivity contribution in [3.8, 4) is 0 Å². The molecule has 0 bridgehead atoms. The molecule has 1 atom stereocenters. The normalized spacial score (nSPS) is 12.9. The van der Waals surface area contributed by atoms with E-state index >= 15 is 0 Å². The Morgan fingerprint density at radius 1 is 1.29 bits per heavy atom. The highest BCUT2D eigenvalue weighted by Crippen LogP contribution is 2.34. The van der Waals surface area contributed by atoms with E-state index in [0.29, 0.717) is 0 Å². The van der Waals surface area contributed by atoms with Crippen molar-refractivity contribution in [2.24, 2.45) is 0 Å². The topological polar surface area (TPSA) is 80.0 Å². The van der Waals surface area contributed by atoms with E-state index in [1.165, 1.54) is 30.6 Å². The highest BCUT2D eigenvalue weighted by Gasteiger charge is 2.35. The van der Waals surface area contributed by atoms with Gasteiger partial charge < -0.3 is 10.4 Å². The molecule has 9 heteroatoms. The Balaban J connectivity index is 2.39. The van der Waals surface area contributed by atoms with Gasteiger partial charge in [0.15, 0.2) is 0 Å². The van der Waals surface area contributed by atoms with Crippen molar-refractivity contribution in [3.05, 3.63) is 47.8 Å². The molecule has 0 fully saturated rings. The third-order valence-corrected chi connectivity index (χ3v) is 2.75. The highest BCUT2D eigenvalue weighted by atomic mass is 19.4. The number of halogens is 3. The number of aromatic nitrogens is 3. The Labute approximate surface area is 117 Å². The van der Waals surface area contributed by atoms with E-state index in [-0.39, 0.29) is 12.1 Å². The molecule has 1 amide bonds. The number of benzene rings is 1. The molecule has 112 valence electrons. The molecule has 1 aromatic carbocycles. The van der Waals surface area contributed by atoms with E-state index in [1.54, 1.807) is 0 Å². The van der Waals surface area contributed by atoms with Gasteiger partial charge in [0.2, 0.25) is 0 Å². The lowest BCUT2D eigenvalue weighted by atomic mass is 10.00. The number of hydrogen-bond donors (Lipinski definition) is 2. The lowest BCUT2D eigenvalue weighted by molar-refractivity contribution is -0.138. The monoisotopic (exact) mass is 300 g/mol. The van der Waals surface area contributed by atoms with Gasteiger partial charge in [-0.15, -0.1) is 0 Å². The summed E-state index contributed by atoms with van der Waals surface area (Å²) in [5.74, 6) is 0. The molecule has 1 unspecified atom stereocenters. The molecule has 0 aliphatic carbocycles. The van der Waals surface area contributed by atoms with Crippen LogP contribution in [0.4, 0.5) is 18.0 Å². The standard InChI is InChI=1S/C12H11F3N4O2/c13-12(14,15)9-4-2-1-3-8(9)10(18-11(20)21)7-19-16-5-6-17-19/h1-6,10,18H,7H2,(H,20,21). The molecule has 6 nitrogen and oxygen atoms in total. The van der Waals surface area contributed by atoms with Gasteiger partial charge in [-0.1, -0.05) is 18.2 Å². The zero-order chi connectivity index (χ0) is 15.5. The fourth-order valence-corrected chi connectivity index (χ4v) is 1.93. The first-order valence-electron chi connectivity index (χ1n) is 5.87. The third kappa shape index (κ3) is 3.71. The van der Waals surface area contributed by atoms with Crippen LogP contribution in [0.2, 0.25) is 0 Å². The SMILES string of the molecule is O=C(O)NC(Cn1nccn1)c1ccccc1C(F)(F)F. The van der Waals surface area contributed by atoms with Crippen LogP contribution in [0.1, 0.15) is 17.2 Å². The van der Waals surface area contributed by atoms with Crippen molar-refractivity contribution >= 4 is 6.09 Å². The molecule has 2 aromatic rings. The predicted octanol–water partition coefficient (Wildman–Crippen LogP) is 2.31. The van der Waals surface area contributed by atoms with Crippen LogP contribution >= 0.6 is 0 Å². The van der Waals surface area contributed by atoms with Crippen molar-refractivity contribution in [1.82, 2.24) is 20.3 Å². The number of amides is 1. The summed E-state index contributed by atoms with van der Waals surface area (Å²) < 4.78 is 39.0. The van der Waals surface area contributed by atoms with E-state index in [0.717, 1.165) is 10.9 Å². The fourth-order valence-electron chi connectivity index (χ4n) is 1.93. The van der Waals surface area contributed by atoms with Crippen LogP contribution in [0.25, 0.3) is 0 Å². The maximum Gasteiger partial charge on any atom is 0.416 e. The van der Waals surface area contributed by atoms with Crippen molar-refractivity contribution in [3.63, 3.8) is 0 Å². The van der Waals surface area contributed by atoms with Crippen molar-refractivity contribution in [1.29, 1.82) is 0 Å². The summed E-state index contributed by atoms with van der Waals surface area (Å²) in [6.45, 7) is -0.146. The highest BCUT2D eigenvalue weighted by molar-refractivity contribution is 5.65. The van der Waals surface area contributed by atoms with Crippen molar-refractivity contribution < 1.29 is 23.1 Å². The van der Waals surface area contributed by atoms with E-state index < -0.39 is 23.9 Å². The van der Waals surface area contributed by atoms with E-state index in [9.17, 15) is 18.0 Å². The molecule has 0 aliphatic heterocycles. The van der Waals surface area contributed by atoms with Gasteiger partial charge in [0, 0.05) is 0 Å². The Hall–Kier alpha value is -2.58. The molecule has 21 heavy (non-hydrogen) atoms. The predicted molar refractivity (Wildman–Crippen MR) is 65.4 cm³/mol. The minimum Gasteiger partial charge on any atom is -0.465 e. The number of carboxylic acid groups (broad SMARTS) is 1. The lowest BCUT2D eigenvalue weighted by Crippen LogP contribution is -2.32. The lowest BCUT2D eigenvalue weighted by Gasteiger charge is -2.21. The van der Waals surface area contributed by atoms with Crippen LogP contribution in [0.5, 0.6) is 0 Å². The van der Waals surface area contributed by atoms with Crippen molar-refractivity contribution in [2.75, 3.05) is 0 Å². The average Bonchev–Trinajstić information content (AvgIpc) is 2.89. The van der Waals surface area contributed by atoms with E-state index in [4.69, 9.17) is 5.11 Å². The molecular weight excluding hydrogens is 289 g/mol. The smallest absolute Gasteiger partial charge is 0.416 e. The van der Waals surface area contributed by atoms with Crippen LogP contribution in [-0.4, -0.2) is 26.2 Å². The Morgan fingerprint density at radius 3 is 2.48 bits per heavy atom. The summed E-state index contributed by atoms with van der Waals surface area (Å²) in [6, 6.07) is 3.68. The van der Waals surface area contributed by atoms with E-state index in [1.807, 2.05) is 0 Å². The zero-order valence-corrected chi connectivity index (χ0v) is 10.6. The van der Waals surface area contributed by atoms with Crippen LogP contribution in [0.3, 0.4) is 0 Å². The van der Waals surface area contributed by atoms with Gasteiger partial charge >= 0.3 is 12.3 Å². The van der Waals surface area contributed by atoms with Gasteiger partial charge in [-0.05, 0) is 11.6 Å². The molecule has 0 aliphatic rings. The summed E-state index contributed by atoms with van der Waals surface area (Å²) >= 11 is 0. The molecule has 2 rings (SSSR count). The second-order valence-electron chi connectivity index (χ2n) is 4.17. The number of carbonyl (C=O) groups is 1. The summed E-state index contributed by atoms with van der Waals surface area (Å²) in [4.78, 5) is 11.9. The number of alkyl halides is 3. The maximum absolute atomic E-state index is 13.0. The first kappa shape index (κ1) is 14.8. The summed E-state index contributed by atoms with van der Waals surface area (Å²) in [5, 5.41) is 18.4.